The second kappa shape index (κ2) is 6.39. The van der Waals surface area contributed by atoms with Gasteiger partial charge in [0.1, 0.15) is 0 Å². The first-order valence-corrected chi connectivity index (χ1v) is 7.31. The summed E-state index contributed by atoms with van der Waals surface area (Å²) < 4.78 is 1.67. The van der Waals surface area contributed by atoms with Crippen LogP contribution in [0.1, 0.15) is 27.3 Å². The fraction of sp³-hybridized carbons (Fsp3) is 0.176. The highest BCUT2D eigenvalue weighted by atomic mass is 16.2. The lowest BCUT2D eigenvalue weighted by molar-refractivity contribution is 0.0945. The molecule has 0 aliphatic heterocycles. The third-order valence-corrected chi connectivity index (χ3v) is 3.53. The van der Waals surface area contributed by atoms with Gasteiger partial charge in [0.05, 0.1) is 11.4 Å². The lowest BCUT2D eigenvalue weighted by Crippen LogP contribution is -2.24. The SMILES string of the molecule is Cc1cccc(-n2nnc(C(=O)NCc3cccnc3)c2C)c1. The molecule has 0 unspecified atom stereocenters. The van der Waals surface area contributed by atoms with Crippen molar-refractivity contribution in [2.45, 2.75) is 20.4 Å². The second-order valence-corrected chi connectivity index (χ2v) is 5.32. The Morgan fingerprint density at radius 1 is 1.22 bits per heavy atom. The molecule has 0 aliphatic carbocycles. The van der Waals surface area contributed by atoms with E-state index in [1.165, 1.54) is 0 Å². The number of carbonyl (C=O) groups is 1. The maximum absolute atomic E-state index is 12.3. The van der Waals surface area contributed by atoms with Crippen molar-refractivity contribution in [1.82, 2.24) is 25.3 Å². The van der Waals surface area contributed by atoms with E-state index in [9.17, 15) is 4.79 Å². The van der Waals surface area contributed by atoms with E-state index in [2.05, 4.69) is 20.6 Å². The first-order valence-electron chi connectivity index (χ1n) is 7.31. The fourth-order valence-electron chi connectivity index (χ4n) is 2.31. The van der Waals surface area contributed by atoms with Gasteiger partial charge in [0.2, 0.25) is 0 Å². The van der Waals surface area contributed by atoms with Crippen LogP contribution in [0.15, 0.2) is 48.8 Å². The number of carbonyl (C=O) groups excluding carboxylic acids is 1. The highest BCUT2D eigenvalue weighted by molar-refractivity contribution is 5.93. The number of aryl methyl sites for hydroxylation is 1. The van der Waals surface area contributed by atoms with Gasteiger partial charge in [-0.2, -0.15) is 0 Å². The van der Waals surface area contributed by atoms with E-state index in [0.29, 0.717) is 17.9 Å². The number of hydrogen-bond acceptors (Lipinski definition) is 4. The molecule has 1 N–H and O–H groups in total. The summed E-state index contributed by atoms with van der Waals surface area (Å²) in [6.45, 7) is 4.25. The molecule has 116 valence electrons. The van der Waals surface area contributed by atoms with Crippen molar-refractivity contribution < 1.29 is 4.79 Å². The predicted octanol–water partition coefficient (Wildman–Crippen LogP) is 2.21. The van der Waals surface area contributed by atoms with Gasteiger partial charge in [-0.15, -0.1) is 5.10 Å². The van der Waals surface area contributed by atoms with Gasteiger partial charge in [-0.25, -0.2) is 4.68 Å². The van der Waals surface area contributed by atoms with E-state index in [0.717, 1.165) is 16.8 Å². The van der Waals surface area contributed by atoms with Crippen LogP contribution >= 0.6 is 0 Å². The summed E-state index contributed by atoms with van der Waals surface area (Å²) in [7, 11) is 0. The highest BCUT2D eigenvalue weighted by Gasteiger charge is 2.17. The van der Waals surface area contributed by atoms with Crippen LogP contribution in [0, 0.1) is 13.8 Å². The van der Waals surface area contributed by atoms with Crippen molar-refractivity contribution >= 4 is 5.91 Å². The molecule has 0 aliphatic rings. The Morgan fingerprint density at radius 3 is 2.83 bits per heavy atom. The van der Waals surface area contributed by atoms with Gasteiger partial charge in [-0.1, -0.05) is 23.4 Å². The largest absolute Gasteiger partial charge is 0.346 e. The molecule has 2 aromatic heterocycles. The number of amides is 1. The summed E-state index contributed by atoms with van der Waals surface area (Å²) in [6, 6.07) is 11.6. The van der Waals surface area contributed by atoms with E-state index in [1.807, 2.05) is 50.2 Å². The number of aromatic nitrogens is 4. The van der Waals surface area contributed by atoms with E-state index in [-0.39, 0.29) is 5.91 Å². The minimum absolute atomic E-state index is 0.245. The Hall–Kier alpha value is -3.02. The molecule has 0 atom stereocenters. The average Bonchev–Trinajstić information content (AvgIpc) is 2.95. The van der Waals surface area contributed by atoms with Crippen LogP contribution in [-0.4, -0.2) is 25.9 Å². The van der Waals surface area contributed by atoms with Crippen molar-refractivity contribution in [3.8, 4) is 5.69 Å². The molecule has 3 rings (SSSR count). The summed E-state index contributed by atoms with van der Waals surface area (Å²) in [5.41, 5.74) is 3.99. The molecule has 1 aromatic carbocycles. The van der Waals surface area contributed by atoms with E-state index < -0.39 is 0 Å². The van der Waals surface area contributed by atoms with Crippen LogP contribution in [0.25, 0.3) is 5.69 Å². The molecule has 3 aromatic rings. The lowest BCUT2D eigenvalue weighted by atomic mass is 10.2. The fourth-order valence-corrected chi connectivity index (χ4v) is 2.31. The summed E-state index contributed by atoms with van der Waals surface area (Å²) in [5, 5.41) is 11.0. The van der Waals surface area contributed by atoms with E-state index in [1.54, 1.807) is 17.1 Å². The van der Waals surface area contributed by atoms with Crippen molar-refractivity contribution in [3.63, 3.8) is 0 Å². The second-order valence-electron chi connectivity index (χ2n) is 5.32. The van der Waals surface area contributed by atoms with E-state index >= 15 is 0 Å². The minimum Gasteiger partial charge on any atom is -0.346 e. The molecule has 6 nitrogen and oxygen atoms in total. The topological polar surface area (TPSA) is 72.7 Å². The monoisotopic (exact) mass is 307 g/mol. The first kappa shape index (κ1) is 14.9. The van der Waals surface area contributed by atoms with Crippen molar-refractivity contribution in [1.29, 1.82) is 0 Å². The number of nitrogens with one attached hydrogen (secondary N) is 1. The third-order valence-electron chi connectivity index (χ3n) is 3.53. The normalized spacial score (nSPS) is 10.5. The van der Waals surface area contributed by atoms with Gasteiger partial charge in [0.15, 0.2) is 5.69 Å². The molecule has 6 heteroatoms. The number of benzene rings is 1. The van der Waals surface area contributed by atoms with Gasteiger partial charge in [0.25, 0.3) is 5.91 Å². The van der Waals surface area contributed by atoms with Crippen LogP contribution in [-0.2, 0) is 6.54 Å². The maximum Gasteiger partial charge on any atom is 0.274 e. The van der Waals surface area contributed by atoms with Crippen LogP contribution in [0.5, 0.6) is 0 Å². The first-order chi connectivity index (χ1) is 11.1. The lowest BCUT2D eigenvalue weighted by Gasteiger charge is -2.05. The minimum atomic E-state index is -0.245. The third kappa shape index (κ3) is 3.26. The van der Waals surface area contributed by atoms with Crippen LogP contribution in [0.4, 0.5) is 0 Å². The number of hydrogen-bond donors (Lipinski definition) is 1. The molecule has 0 bridgehead atoms. The molecule has 0 radical (unpaired) electrons. The van der Waals surface area contributed by atoms with Crippen molar-refractivity contribution in [2.75, 3.05) is 0 Å². The van der Waals surface area contributed by atoms with Crippen molar-refractivity contribution in [2.24, 2.45) is 0 Å². The van der Waals surface area contributed by atoms with Gasteiger partial charge in [-0.05, 0) is 43.2 Å². The molecular formula is C17H17N5O. The molecular weight excluding hydrogens is 290 g/mol. The molecule has 0 fully saturated rings. The molecule has 1 amide bonds. The van der Waals surface area contributed by atoms with Gasteiger partial charge >= 0.3 is 0 Å². The molecule has 2 heterocycles. The highest BCUT2D eigenvalue weighted by Crippen LogP contribution is 2.13. The smallest absolute Gasteiger partial charge is 0.274 e. The molecule has 0 spiro atoms. The van der Waals surface area contributed by atoms with Gasteiger partial charge < -0.3 is 5.32 Å². The standard InChI is InChI=1S/C17H17N5O/c1-12-5-3-7-15(9-12)22-13(2)16(20-21-22)17(23)19-11-14-6-4-8-18-10-14/h3-10H,11H2,1-2H3,(H,19,23). The molecule has 0 saturated carbocycles. The van der Waals surface area contributed by atoms with Crippen LogP contribution < -0.4 is 5.32 Å². The van der Waals surface area contributed by atoms with E-state index in [4.69, 9.17) is 0 Å². The Kier molecular flexibility index (Phi) is 4.14. The predicted molar refractivity (Wildman–Crippen MR) is 86.2 cm³/mol. The van der Waals surface area contributed by atoms with Crippen LogP contribution in [0.3, 0.4) is 0 Å². The summed E-state index contributed by atoms with van der Waals surface area (Å²) >= 11 is 0. The number of nitrogens with zero attached hydrogens (tertiary/aromatic N) is 4. The average molecular weight is 307 g/mol. The van der Waals surface area contributed by atoms with Crippen molar-refractivity contribution in [3.05, 3.63) is 71.3 Å². The Labute approximate surface area is 134 Å². The maximum atomic E-state index is 12.3. The zero-order chi connectivity index (χ0) is 16.2. The zero-order valence-corrected chi connectivity index (χ0v) is 13.0. The zero-order valence-electron chi connectivity index (χ0n) is 13.0. The summed E-state index contributed by atoms with van der Waals surface area (Å²) in [4.78, 5) is 16.3. The molecule has 23 heavy (non-hydrogen) atoms. The Balaban J connectivity index is 1.77. The quantitative estimate of drug-likeness (QED) is 0.802. The summed E-state index contributed by atoms with van der Waals surface area (Å²) in [5.74, 6) is -0.245. The van der Waals surface area contributed by atoms with Gasteiger partial charge in [-0.3, -0.25) is 9.78 Å². The summed E-state index contributed by atoms with van der Waals surface area (Å²) in [6.07, 6.45) is 3.42. The molecule has 0 saturated heterocycles. The Morgan fingerprint density at radius 2 is 2.09 bits per heavy atom. The number of rotatable bonds is 4. The van der Waals surface area contributed by atoms with Crippen LogP contribution in [0.2, 0.25) is 0 Å². The number of pyridine rings is 1. The van der Waals surface area contributed by atoms with Gasteiger partial charge in [0, 0.05) is 18.9 Å². The Bertz CT molecular complexity index is 826.